The van der Waals surface area contributed by atoms with Crippen LogP contribution in [0.15, 0.2) is 16.8 Å². The Hall–Kier alpha value is -1.36. The summed E-state index contributed by atoms with van der Waals surface area (Å²) >= 11 is 1.50. The van der Waals surface area contributed by atoms with Crippen LogP contribution >= 0.6 is 11.3 Å². The normalized spacial score (nSPS) is 23.9. The summed E-state index contributed by atoms with van der Waals surface area (Å²) in [5.74, 6) is -0.275. The number of rotatable bonds is 3. The summed E-state index contributed by atoms with van der Waals surface area (Å²) in [6.45, 7) is 3.13. The second-order valence-electron chi connectivity index (χ2n) is 4.84. The van der Waals surface area contributed by atoms with Gasteiger partial charge in [-0.15, -0.1) is 0 Å². The summed E-state index contributed by atoms with van der Waals surface area (Å²) < 4.78 is 0. The lowest BCUT2D eigenvalue weighted by Crippen LogP contribution is -2.51. The highest BCUT2D eigenvalue weighted by atomic mass is 32.1. The molecule has 1 saturated heterocycles. The number of piperidine rings is 1. The number of primary amides is 1. The lowest BCUT2D eigenvalue weighted by atomic mass is 9.77. The zero-order valence-corrected chi connectivity index (χ0v) is 11.3. The number of amides is 2. The number of nitrogens with zero attached hydrogens (tertiary/aromatic N) is 1. The molecule has 1 fully saturated rings. The topological polar surface area (TPSA) is 63.4 Å². The van der Waals surface area contributed by atoms with E-state index in [-0.39, 0.29) is 11.8 Å². The van der Waals surface area contributed by atoms with Gasteiger partial charge in [0, 0.05) is 18.5 Å². The molecule has 0 aromatic carbocycles. The van der Waals surface area contributed by atoms with Crippen molar-refractivity contribution in [2.24, 2.45) is 11.1 Å². The van der Waals surface area contributed by atoms with E-state index < -0.39 is 5.41 Å². The molecular weight excluding hydrogens is 248 g/mol. The smallest absolute Gasteiger partial charge is 0.254 e. The maximum absolute atomic E-state index is 12.3. The van der Waals surface area contributed by atoms with Crippen LogP contribution in [0.2, 0.25) is 0 Å². The first-order chi connectivity index (χ1) is 8.59. The molecule has 0 aliphatic carbocycles. The van der Waals surface area contributed by atoms with Crippen LogP contribution < -0.4 is 5.73 Å². The summed E-state index contributed by atoms with van der Waals surface area (Å²) in [5, 5.41) is 3.73. The van der Waals surface area contributed by atoms with E-state index in [0.717, 1.165) is 12.8 Å². The van der Waals surface area contributed by atoms with Crippen molar-refractivity contribution in [3.05, 3.63) is 22.4 Å². The van der Waals surface area contributed by atoms with E-state index in [2.05, 4.69) is 0 Å². The van der Waals surface area contributed by atoms with Crippen molar-refractivity contribution in [2.45, 2.75) is 26.2 Å². The molecule has 2 N–H and O–H groups in total. The Bertz CT molecular complexity index is 444. The molecule has 0 spiro atoms. The maximum atomic E-state index is 12.3. The van der Waals surface area contributed by atoms with Crippen molar-refractivity contribution in [3.63, 3.8) is 0 Å². The highest BCUT2D eigenvalue weighted by molar-refractivity contribution is 7.08. The van der Waals surface area contributed by atoms with Crippen LogP contribution in [0.1, 0.15) is 36.5 Å². The first-order valence-electron chi connectivity index (χ1n) is 6.20. The van der Waals surface area contributed by atoms with Crippen molar-refractivity contribution in [2.75, 3.05) is 13.1 Å². The summed E-state index contributed by atoms with van der Waals surface area (Å²) in [5.41, 5.74) is 5.69. The molecule has 1 aliphatic rings. The van der Waals surface area contributed by atoms with Crippen LogP contribution in [0, 0.1) is 5.41 Å². The van der Waals surface area contributed by atoms with Gasteiger partial charge in [0.25, 0.3) is 5.91 Å². The molecule has 1 unspecified atom stereocenters. The molecule has 0 bridgehead atoms. The first-order valence-corrected chi connectivity index (χ1v) is 7.15. The molecule has 1 aromatic rings. The fourth-order valence-electron chi connectivity index (χ4n) is 2.54. The highest BCUT2D eigenvalue weighted by Crippen LogP contribution is 2.33. The van der Waals surface area contributed by atoms with Gasteiger partial charge in [-0.3, -0.25) is 9.59 Å². The first kappa shape index (κ1) is 13.1. The van der Waals surface area contributed by atoms with Gasteiger partial charge in [-0.25, -0.2) is 0 Å². The molecule has 4 nitrogen and oxygen atoms in total. The molecule has 2 amide bonds. The lowest BCUT2D eigenvalue weighted by molar-refractivity contribution is -0.130. The van der Waals surface area contributed by atoms with Crippen LogP contribution in [0.3, 0.4) is 0 Å². The van der Waals surface area contributed by atoms with Crippen molar-refractivity contribution in [1.29, 1.82) is 0 Å². The van der Waals surface area contributed by atoms with Gasteiger partial charge in [-0.05, 0) is 30.7 Å². The maximum Gasteiger partial charge on any atom is 0.254 e. The minimum Gasteiger partial charge on any atom is -0.369 e. The van der Waals surface area contributed by atoms with Gasteiger partial charge in [0.05, 0.1) is 11.0 Å². The number of thiophene rings is 1. The predicted molar refractivity (Wildman–Crippen MR) is 71.4 cm³/mol. The van der Waals surface area contributed by atoms with Gasteiger partial charge in [-0.1, -0.05) is 6.92 Å². The van der Waals surface area contributed by atoms with Crippen LogP contribution in [-0.4, -0.2) is 29.8 Å². The summed E-state index contributed by atoms with van der Waals surface area (Å²) in [6, 6.07) is 1.82. The molecule has 98 valence electrons. The van der Waals surface area contributed by atoms with Gasteiger partial charge in [0.1, 0.15) is 0 Å². The zero-order valence-electron chi connectivity index (χ0n) is 10.5. The molecule has 5 heteroatoms. The third-order valence-electron chi connectivity index (χ3n) is 3.83. The molecule has 1 atom stereocenters. The Balaban J connectivity index is 2.16. The Morgan fingerprint density at radius 1 is 1.56 bits per heavy atom. The molecule has 0 saturated carbocycles. The van der Waals surface area contributed by atoms with E-state index >= 15 is 0 Å². The summed E-state index contributed by atoms with van der Waals surface area (Å²) in [7, 11) is 0. The molecule has 1 aliphatic heterocycles. The van der Waals surface area contributed by atoms with Crippen molar-refractivity contribution < 1.29 is 9.59 Å². The van der Waals surface area contributed by atoms with Crippen LogP contribution in [-0.2, 0) is 4.79 Å². The highest BCUT2D eigenvalue weighted by Gasteiger charge is 2.40. The number of likely N-dealkylation sites (tertiary alicyclic amines) is 1. The average molecular weight is 266 g/mol. The van der Waals surface area contributed by atoms with Crippen LogP contribution in [0.25, 0.3) is 0 Å². The predicted octanol–water partition coefficient (Wildman–Crippen LogP) is 1.87. The minimum atomic E-state index is -0.538. The van der Waals surface area contributed by atoms with Gasteiger partial charge in [-0.2, -0.15) is 11.3 Å². The average Bonchev–Trinajstić information content (AvgIpc) is 2.91. The van der Waals surface area contributed by atoms with E-state index in [4.69, 9.17) is 5.73 Å². The Labute approximate surface area is 111 Å². The molecule has 2 rings (SSSR count). The number of carbonyl (C=O) groups excluding carboxylic acids is 2. The molecule has 2 heterocycles. The quantitative estimate of drug-likeness (QED) is 0.907. The van der Waals surface area contributed by atoms with E-state index in [1.165, 1.54) is 11.3 Å². The molecule has 0 radical (unpaired) electrons. The fraction of sp³-hybridized carbons (Fsp3) is 0.538. The molecule has 18 heavy (non-hydrogen) atoms. The second kappa shape index (κ2) is 5.10. The van der Waals surface area contributed by atoms with E-state index in [1.807, 2.05) is 23.8 Å². The Kier molecular flexibility index (Phi) is 3.71. The second-order valence-corrected chi connectivity index (χ2v) is 5.62. The Morgan fingerprint density at radius 3 is 2.89 bits per heavy atom. The Morgan fingerprint density at radius 2 is 2.33 bits per heavy atom. The lowest BCUT2D eigenvalue weighted by Gasteiger charge is -2.40. The number of carbonyl (C=O) groups is 2. The van der Waals surface area contributed by atoms with Gasteiger partial charge in [0.15, 0.2) is 0 Å². The third kappa shape index (κ3) is 2.27. The van der Waals surface area contributed by atoms with Gasteiger partial charge < -0.3 is 10.6 Å². The summed E-state index contributed by atoms with van der Waals surface area (Å²) in [6.07, 6.45) is 2.31. The van der Waals surface area contributed by atoms with Crippen molar-refractivity contribution in [3.8, 4) is 0 Å². The number of nitrogens with two attached hydrogens (primary N) is 1. The van der Waals surface area contributed by atoms with Crippen LogP contribution in [0.5, 0.6) is 0 Å². The zero-order chi connectivity index (χ0) is 13.2. The SMILES string of the molecule is CCC1(C(N)=O)CCCN(C(=O)c2ccsc2)C1. The van der Waals surface area contributed by atoms with E-state index in [9.17, 15) is 9.59 Å². The standard InChI is InChI=1S/C13H18N2O2S/c1-2-13(12(14)17)5-3-6-15(9-13)11(16)10-4-7-18-8-10/h4,7-8H,2-3,5-6,9H2,1H3,(H2,14,17). The van der Waals surface area contributed by atoms with E-state index in [0.29, 0.717) is 25.1 Å². The molecular formula is C13H18N2O2S. The van der Waals surface area contributed by atoms with Crippen molar-refractivity contribution in [1.82, 2.24) is 4.90 Å². The fourth-order valence-corrected chi connectivity index (χ4v) is 3.17. The third-order valence-corrected chi connectivity index (χ3v) is 4.51. The van der Waals surface area contributed by atoms with Crippen LogP contribution in [0.4, 0.5) is 0 Å². The largest absolute Gasteiger partial charge is 0.369 e. The van der Waals surface area contributed by atoms with E-state index in [1.54, 1.807) is 4.90 Å². The minimum absolute atomic E-state index is 0.00928. The number of hydrogen-bond acceptors (Lipinski definition) is 3. The summed E-state index contributed by atoms with van der Waals surface area (Å²) in [4.78, 5) is 25.7. The monoisotopic (exact) mass is 266 g/mol. The number of hydrogen-bond donors (Lipinski definition) is 1. The van der Waals surface area contributed by atoms with Gasteiger partial charge >= 0.3 is 0 Å². The van der Waals surface area contributed by atoms with Crippen molar-refractivity contribution >= 4 is 23.2 Å². The molecule has 1 aromatic heterocycles. The van der Waals surface area contributed by atoms with Gasteiger partial charge in [0.2, 0.25) is 5.91 Å².